The Labute approximate surface area is 228 Å². The van der Waals surface area contributed by atoms with Gasteiger partial charge in [-0.2, -0.15) is 0 Å². The number of likely N-dealkylation sites (N-methyl/N-ethyl adjacent to an activating group) is 1. The molecule has 0 aliphatic heterocycles. The standard InChI is InChI=1S/C27H29Cl2N3O4S/c1-4-30-27(34)20(3)31(17-21-11-13-22(28)14-12-21)26(33)18-32(25-8-6-5-7-24(25)29)37(35,36)23-15-9-19(2)10-16-23/h5-16,20H,4,17-18H2,1-3H3,(H,30,34)/t20-/m0/s1. The number of para-hydroxylation sites is 1. The normalized spacial score (nSPS) is 12.0. The largest absolute Gasteiger partial charge is 0.355 e. The van der Waals surface area contributed by atoms with Gasteiger partial charge in [0.05, 0.1) is 15.6 Å². The zero-order valence-electron chi connectivity index (χ0n) is 20.8. The molecule has 2 amide bonds. The number of halogens is 2. The fourth-order valence-electron chi connectivity index (χ4n) is 3.70. The van der Waals surface area contributed by atoms with Crippen LogP contribution in [-0.4, -0.2) is 44.3 Å². The predicted molar refractivity (Wildman–Crippen MR) is 147 cm³/mol. The van der Waals surface area contributed by atoms with E-state index < -0.39 is 28.5 Å². The fourth-order valence-corrected chi connectivity index (χ4v) is 5.54. The fraction of sp³-hybridized carbons (Fsp3) is 0.259. The average molecular weight is 563 g/mol. The van der Waals surface area contributed by atoms with Crippen LogP contribution in [0.3, 0.4) is 0 Å². The highest BCUT2D eigenvalue weighted by Gasteiger charge is 2.33. The molecule has 3 rings (SSSR count). The Morgan fingerprint density at radius 1 is 0.946 bits per heavy atom. The number of rotatable bonds is 10. The molecular weight excluding hydrogens is 533 g/mol. The van der Waals surface area contributed by atoms with Gasteiger partial charge in [0.25, 0.3) is 10.0 Å². The Hall–Kier alpha value is -3.07. The van der Waals surface area contributed by atoms with Crippen LogP contribution in [0.5, 0.6) is 0 Å². The van der Waals surface area contributed by atoms with Gasteiger partial charge in [0.15, 0.2) is 0 Å². The number of benzene rings is 3. The Kier molecular flexibility index (Phi) is 9.59. The average Bonchev–Trinajstić information content (AvgIpc) is 2.87. The van der Waals surface area contributed by atoms with Crippen LogP contribution in [0.4, 0.5) is 5.69 Å². The Balaban J connectivity index is 2.03. The van der Waals surface area contributed by atoms with E-state index in [0.717, 1.165) is 15.4 Å². The third-order valence-electron chi connectivity index (χ3n) is 5.79. The third kappa shape index (κ3) is 7.03. The van der Waals surface area contributed by atoms with Crippen molar-refractivity contribution in [3.8, 4) is 0 Å². The molecule has 1 N–H and O–H groups in total. The second kappa shape index (κ2) is 12.4. The van der Waals surface area contributed by atoms with Crippen molar-refractivity contribution in [2.45, 2.75) is 38.3 Å². The summed E-state index contributed by atoms with van der Waals surface area (Å²) in [7, 11) is -4.17. The van der Waals surface area contributed by atoms with Gasteiger partial charge in [0, 0.05) is 18.1 Å². The number of nitrogens with one attached hydrogen (secondary N) is 1. The van der Waals surface area contributed by atoms with Crippen LogP contribution in [0, 0.1) is 6.92 Å². The van der Waals surface area contributed by atoms with Crippen molar-refractivity contribution in [3.05, 3.63) is 94.0 Å². The van der Waals surface area contributed by atoms with Crippen molar-refractivity contribution < 1.29 is 18.0 Å². The summed E-state index contributed by atoms with van der Waals surface area (Å²) in [6, 6.07) is 18.8. The molecule has 0 heterocycles. The Bertz CT molecular complexity index is 1350. The van der Waals surface area contributed by atoms with Gasteiger partial charge in [0.1, 0.15) is 12.6 Å². The van der Waals surface area contributed by atoms with Crippen LogP contribution in [0.1, 0.15) is 25.0 Å². The highest BCUT2D eigenvalue weighted by atomic mass is 35.5. The van der Waals surface area contributed by atoms with Gasteiger partial charge >= 0.3 is 0 Å². The monoisotopic (exact) mass is 561 g/mol. The Morgan fingerprint density at radius 2 is 1.57 bits per heavy atom. The number of sulfonamides is 1. The first-order valence-electron chi connectivity index (χ1n) is 11.7. The molecule has 0 spiro atoms. The zero-order valence-corrected chi connectivity index (χ0v) is 23.1. The van der Waals surface area contributed by atoms with E-state index in [-0.39, 0.29) is 28.1 Å². The molecule has 3 aromatic carbocycles. The minimum Gasteiger partial charge on any atom is -0.355 e. The molecule has 0 fully saturated rings. The number of hydrogen-bond donors (Lipinski definition) is 1. The summed E-state index contributed by atoms with van der Waals surface area (Å²) in [5, 5.41) is 3.43. The van der Waals surface area contributed by atoms with Crippen LogP contribution < -0.4 is 9.62 Å². The number of amides is 2. The highest BCUT2D eigenvalue weighted by molar-refractivity contribution is 7.92. The molecular formula is C27H29Cl2N3O4S. The summed E-state index contributed by atoms with van der Waals surface area (Å²) >= 11 is 12.4. The lowest BCUT2D eigenvalue weighted by atomic mass is 10.1. The van der Waals surface area contributed by atoms with Gasteiger partial charge in [-0.1, -0.05) is 65.2 Å². The lowest BCUT2D eigenvalue weighted by Gasteiger charge is -2.32. The van der Waals surface area contributed by atoms with E-state index in [2.05, 4.69) is 5.32 Å². The molecule has 0 aliphatic carbocycles. The van der Waals surface area contributed by atoms with E-state index in [1.54, 1.807) is 68.4 Å². The maximum Gasteiger partial charge on any atom is 0.264 e. The van der Waals surface area contributed by atoms with E-state index >= 15 is 0 Å². The topological polar surface area (TPSA) is 86.8 Å². The minimum absolute atomic E-state index is 0.0202. The summed E-state index contributed by atoms with van der Waals surface area (Å²) in [5.74, 6) is -0.917. The first-order valence-corrected chi connectivity index (χ1v) is 13.9. The molecule has 0 saturated heterocycles. The van der Waals surface area contributed by atoms with Crippen LogP contribution in [0.25, 0.3) is 0 Å². The summed E-state index contributed by atoms with van der Waals surface area (Å²) in [6.45, 7) is 5.14. The minimum atomic E-state index is -4.17. The van der Waals surface area contributed by atoms with Crippen LogP contribution >= 0.6 is 23.2 Å². The second-order valence-corrected chi connectivity index (χ2v) is 11.2. The first-order chi connectivity index (χ1) is 17.5. The smallest absolute Gasteiger partial charge is 0.264 e. The maximum absolute atomic E-state index is 13.8. The van der Waals surface area contributed by atoms with Gasteiger partial charge in [-0.05, 0) is 62.7 Å². The first kappa shape index (κ1) is 28.5. The number of carbonyl (C=O) groups is 2. The summed E-state index contributed by atoms with van der Waals surface area (Å²) in [5.41, 5.74) is 1.79. The number of aryl methyl sites for hydroxylation is 1. The number of nitrogens with zero attached hydrogens (tertiary/aromatic N) is 2. The van der Waals surface area contributed by atoms with Crippen molar-refractivity contribution in [1.29, 1.82) is 0 Å². The SMILES string of the molecule is CCNC(=O)[C@H](C)N(Cc1ccc(Cl)cc1)C(=O)CN(c1ccccc1Cl)S(=O)(=O)c1ccc(C)cc1. The second-order valence-electron chi connectivity index (χ2n) is 8.49. The zero-order chi connectivity index (χ0) is 27.2. The lowest BCUT2D eigenvalue weighted by Crippen LogP contribution is -2.51. The predicted octanol–water partition coefficient (Wildman–Crippen LogP) is 5.05. The molecule has 0 radical (unpaired) electrons. The number of anilines is 1. The molecule has 0 saturated carbocycles. The molecule has 0 bridgehead atoms. The number of carbonyl (C=O) groups excluding carboxylic acids is 2. The quantitative estimate of drug-likeness (QED) is 0.375. The van der Waals surface area contributed by atoms with Crippen LogP contribution in [0.2, 0.25) is 10.0 Å². The van der Waals surface area contributed by atoms with E-state index in [0.29, 0.717) is 11.6 Å². The molecule has 0 aliphatic rings. The molecule has 10 heteroatoms. The molecule has 1 atom stereocenters. The summed E-state index contributed by atoms with van der Waals surface area (Å²) in [4.78, 5) is 27.8. The van der Waals surface area contributed by atoms with Crippen LogP contribution in [0.15, 0.2) is 77.7 Å². The summed E-state index contributed by atoms with van der Waals surface area (Å²) in [6.07, 6.45) is 0. The van der Waals surface area contributed by atoms with Crippen molar-refractivity contribution in [3.63, 3.8) is 0 Å². The van der Waals surface area contributed by atoms with Crippen molar-refractivity contribution in [1.82, 2.24) is 10.2 Å². The van der Waals surface area contributed by atoms with E-state index in [1.807, 2.05) is 6.92 Å². The molecule has 196 valence electrons. The van der Waals surface area contributed by atoms with Gasteiger partial charge in [-0.25, -0.2) is 8.42 Å². The van der Waals surface area contributed by atoms with Gasteiger partial charge < -0.3 is 10.2 Å². The van der Waals surface area contributed by atoms with Gasteiger partial charge in [-0.3, -0.25) is 13.9 Å². The van der Waals surface area contributed by atoms with E-state index in [4.69, 9.17) is 23.2 Å². The maximum atomic E-state index is 13.8. The molecule has 3 aromatic rings. The Morgan fingerprint density at radius 3 is 2.16 bits per heavy atom. The summed E-state index contributed by atoms with van der Waals surface area (Å²) < 4.78 is 28.5. The lowest BCUT2D eigenvalue weighted by molar-refractivity contribution is -0.139. The number of hydrogen-bond acceptors (Lipinski definition) is 4. The van der Waals surface area contributed by atoms with Gasteiger partial charge in [0.2, 0.25) is 11.8 Å². The van der Waals surface area contributed by atoms with E-state index in [9.17, 15) is 18.0 Å². The van der Waals surface area contributed by atoms with Crippen LogP contribution in [-0.2, 0) is 26.2 Å². The molecule has 0 aromatic heterocycles. The van der Waals surface area contributed by atoms with Crippen molar-refractivity contribution in [2.75, 3.05) is 17.4 Å². The van der Waals surface area contributed by atoms with Crippen molar-refractivity contribution >= 4 is 50.7 Å². The van der Waals surface area contributed by atoms with Gasteiger partial charge in [-0.15, -0.1) is 0 Å². The highest BCUT2D eigenvalue weighted by Crippen LogP contribution is 2.31. The van der Waals surface area contributed by atoms with Crippen molar-refractivity contribution in [2.24, 2.45) is 0 Å². The van der Waals surface area contributed by atoms with E-state index in [1.165, 1.54) is 23.1 Å². The molecule has 37 heavy (non-hydrogen) atoms. The molecule has 7 nitrogen and oxygen atoms in total. The third-order valence-corrected chi connectivity index (χ3v) is 8.14. The molecule has 0 unspecified atom stereocenters.